The van der Waals surface area contributed by atoms with Gasteiger partial charge in [-0.3, -0.25) is 4.98 Å². The van der Waals surface area contributed by atoms with Gasteiger partial charge in [0.2, 0.25) is 0 Å². The van der Waals surface area contributed by atoms with Crippen LogP contribution in [0.1, 0.15) is 34.5 Å². The number of nitrogens with one attached hydrogen (secondary N) is 1. The second-order valence-electron chi connectivity index (χ2n) is 4.59. The molecule has 0 amide bonds. The smallest absolute Gasteiger partial charge is 0.336 e. The molecule has 2 N–H and O–H groups in total. The van der Waals surface area contributed by atoms with Crippen molar-refractivity contribution in [1.29, 1.82) is 0 Å². The third-order valence-electron chi connectivity index (χ3n) is 3.42. The van der Waals surface area contributed by atoms with Crippen LogP contribution in [-0.2, 0) is 12.8 Å². The number of pyridine rings is 1. The molecule has 1 aliphatic carbocycles. The van der Waals surface area contributed by atoms with E-state index >= 15 is 0 Å². The summed E-state index contributed by atoms with van der Waals surface area (Å²) < 4.78 is 0. The highest BCUT2D eigenvalue weighted by Gasteiger charge is 2.20. The summed E-state index contributed by atoms with van der Waals surface area (Å²) in [5.41, 5.74) is 3.97. The van der Waals surface area contributed by atoms with E-state index < -0.39 is 5.97 Å². The third-order valence-corrected chi connectivity index (χ3v) is 3.42. The average molecular weight is 242 g/mol. The van der Waals surface area contributed by atoms with E-state index in [9.17, 15) is 9.90 Å². The maximum absolute atomic E-state index is 11.4. The van der Waals surface area contributed by atoms with Crippen molar-refractivity contribution < 1.29 is 9.90 Å². The number of hydrogen-bond donors (Lipinski definition) is 2. The number of aryl methyl sites for hydroxylation is 1. The van der Waals surface area contributed by atoms with Crippen molar-refractivity contribution in [2.45, 2.75) is 25.7 Å². The number of H-pyrrole nitrogens is 1. The molecule has 0 aliphatic heterocycles. The van der Waals surface area contributed by atoms with E-state index in [-0.39, 0.29) is 0 Å². The minimum Gasteiger partial charge on any atom is -0.478 e. The molecular weight excluding hydrogens is 228 g/mol. The number of aromatic carboxylic acids is 1. The number of fused-ring (bicyclic) bond motifs is 1. The molecule has 92 valence electrons. The fraction of sp³-hybridized carbons (Fsp3) is 0.286. The summed E-state index contributed by atoms with van der Waals surface area (Å²) >= 11 is 0. The van der Waals surface area contributed by atoms with Crippen molar-refractivity contribution in [1.82, 2.24) is 9.97 Å². The molecule has 0 spiro atoms. The summed E-state index contributed by atoms with van der Waals surface area (Å²) in [6.07, 6.45) is 7.51. The van der Waals surface area contributed by atoms with Gasteiger partial charge in [0.25, 0.3) is 0 Å². The number of nitrogens with zero attached hydrogens (tertiary/aromatic N) is 1. The maximum Gasteiger partial charge on any atom is 0.336 e. The molecule has 0 saturated heterocycles. The first-order valence-corrected chi connectivity index (χ1v) is 6.15. The van der Waals surface area contributed by atoms with Crippen molar-refractivity contribution in [2.75, 3.05) is 0 Å². The zero-order valence-electron chi connectivity index (χ0n) is 9.94. The van der Waals surface area contributed by atoms with Crippen LogP contribution in [0, 0.1) is 0 Å². The Morgan fingerprint density at radius 3 is 2.89 bits per heavy atom. The van der Waals surface area contributed by atoms with Gasteiger partial charge < -0.3 is 10.1 Å². The molecule has 18 heavy (non-hydrogen) atoms. The van der Waals surface area contributed by atoms with E-state index in [0.717, 1.165) is 48.2 Å². The SMILES string of the molecule is O=C(O)c1cc(-c2cc[nH]c2)nc2c1CCCC2. The standard InChI is InChI=1S/C14H14N2O2/c17-14(18)11-7-13(9-5-6-15-8-9)16-12-4-2-1-3-10(11)12/h5-8,15H,1-4H2,(H,17,18). The van der Waals surface area contributed by atoms with Crippen LogP contribution in [0.25, 0.3) is 11.3 Å². The predicted molar refractivity (Wildman–Crippen MR) is 67.6 cm³/mol. The lowest BCUT2D eigenvalue weighted by Crippen LogP contribution is -2.13. The number of carboxylic acids is 1. The zero-order chi connectivity index (χ0) is 12.5. The Morgan fingerprint density at radius 1 is 1.33 bits per heavy atom. The largest absolute Gasteiger partial charge is 0.478 e. The van der Waals surface area contributed by atoms with Gasteiger partial charge in [0.05, 0.1) is 11.3 Å². The number of carbonyl (C=O) groups is 1. The molecule has 4 nitrogen and oxygen atoms in total. The quantitative estimate of drug-likeness (QED) is 0.850. The van der Waals surface area contributed by atoms with Gasteiger partial charge in [0.1, 0.15) is 0 Å². The van der Waals surface area contributed by atoms with Crippen molar-refractivity contribution in [3.63, 3.8) is 0 Å². The summed E-state index contributed by atoms with van der Waals surface area (Å²) in [6, 6.07) is 3.60. The van der Waals surface area contributed by atoms with E-state index in [4.69, 9.17) is 0 Å². The van der Waals surface area contributed by atoms with Gasteiger partial charge in [-0.15, -0.1) is 0 Å². The predicted octanol–water partition coefficient (Wildman–Crippen LogP) is 2.65. The lowest BCUT2D eigenvalue weighted by molar-refractivity contribution is 0.0695. The lowest BCUT2D eigenvalue weighted by Gasteiger charge is -2.18. The van der Waals surface area contributed by atoms with E-state index in [1.54, 1.807) is 6.07 Å². The van der Waals surface area contributed by atoms with Crippen molar-refractivity contribution >= 4 is 5.97 Å². The number of hydrogen-bond acceptors (Lipinski definition) is 2. The zero-order valence-corrected chi connectivity index (χ0v) is 9.94. The Kier molecular flexibility index (Phi) is 2.63. The first kappa shape index (κ1) is 11.0. The molecule has 0 aromatic carbocycles. The Balaban J connectivity index is 2.18. The van der Waals surface area contributed by atoms with Gasteiger partial charge in [0.15, 0.2) is 0 Å². The molecule has 0 atom stereocenters. The fourth-order valence-electron chi connectivity index (χ4n) is 2.53. The Morgan fingerprint density at radius 2 is 2.17 bits per heavy atom. The number of rotatable bonds is 2. The van der Waals surface area contributed by atoms with Crippen LogP contribution in [0.3, 0.4) is 0 Å². The molecule has 4 heteroatoms. The molecule has 0 bridgehead atoms. The highest BCUT2D eigenvalue weighted by Crippen LogP contribution is 2.27. The summed E-state index contributed by atoms with van der Waals surface area (Å²) in [4.78, 5) is 18.9. The molecule has 1 aliphatic rings. The molecule has 0 saturated carbocycles. The highest BCUT2D eigenvalue weighted by molar-refractivity contribution is 5.91. The second kappa shape index (κ2) is 4.29. The maximum atomic E-state index is 11.4. The molecule has 2 aromatic heterocycles. The molecule has 2 aromatic rings. The Labute approximate surface area is 105 Å². The first-order valence-electron chi connectivity index (χ1n) is 6.15. The minimum atomic E-state index is -0.854. The van der Waals surface area contributed by atoms with Crippen LogP contribution in [-0.4, -0.2) is 21.0 Å². The third kappa shape index (κ3) is 1.79. The normalized spacial score (nSPS) is 14.2. The number of carboxylic acid groups (broad SMARTS) is 1. The van der Waals surface area contributed by atoms with Gasteiger partial charge in [0, 0.05) is 23.7 Å². The van der Waals surface area contributed by atoms with E-state index in [2.05, 4.69) is 9.97 Å². The van der Waals surface area contributed by atoms with Crippen LogP contribution in [0.5, 0.6) is 0 Å². The van der Waals surface area contributed by atoms with E-state index in [0.29, 0.717) is 5.56 Å². The lowest BCUT2D eigenvalue weighted by atomic mass is 9.91. The monoisotopic (exact) mass is 242 g/mol. The van der Waals surface area contributed by atoms with Crippen molar-refractivity contribution in [2.24, 2.45) is 0 Å². The average Bonchev–Trinajstić information content (AvgIpc) is 2.91. The minimum absolute atomic E-state index is 0.413. The Hall–Kier alpha value is -2.10. The van der Waals surface area contributed by atoms with Crippen LogP contribution in [0.4, 0.5) is 0 Å². The molecule has 2 heterocycles. The van der Waals surface area contributed by atoms with E-state index in [1.165, 1.54) is 0 Å². The van der Waals surface area contributed by atoms with Crippen LogP contribution < -0.4 is 0 Å². The molecule has 0 fully saturated rings. The second-order valence-corrected chi connectivity index (χ2v) is 4.59. The number of aromatic amines is 1. The van der Waals surface area contributed by atoms with Crippen molar-refractivity contribution in [3.8, 4) is 11.3 Å². The van der Waals surface area contributed by atoms with Crippen LogP contribution in [0.15, 0.2) is 24.5 Å². The van der Waals surface area contributed by atoms with Gasteiger partial charge in [-0.05, 0) is 43.4 Å². The Bertz CT molecular complexity index is 588. The highest BCUT2D eigenvalue weighted by atomic mass is 16.4. The van der Waals surface area contributed by atoms with Crippen molar-refractivity contribution in [3.05, 3.63) is 41.3 Å². The van der Waals surface area contributed by atoms with Gasteiger partial charge >= 0.3 is 5.97 Å². The van der Waals surface area contributed by atoms with Gasteiger partial charge in [-0.2, -0.15) is 0 Å². The molecular formula is C14H14N2O2. The van der Waals surface area contributed by atoms with Gasteiger partial charge in [-0.25, -0.2) is 4.79 Å². The molecule has 0 radical (unpaired) electrons. The van der Waals surface area contributed by atoms with Crippen LogP contribution >= 0.6 is 0 Å². The summed E-state index contributed by atoms with van der Waals surface area (Å²) in [5.74, 6) is -0.854. The molecule has 0 unspecified atom stereocenters. The summed E-state index contributed by atoms with van der Waals surface area (Å²) in [6.45, 7) is 0. The van der Waals surface area contributed by atoms with E-state index in [1.807, 2.05) is 18.5 Å². The van der Waals surface area contributed by atoms with Crippen LogP contribution in [0.2, 0.25) is 0 Å². The van der Waals surface area contributed by atoms with Gasteiger partial charge in [-0.1, -0.05) is 0 Å². The molecule has 3 rings (SSSR count). The fourth-order valence-corrected chi connectivity index (χ4v) is 2.53. The summed E-state index contributed by atoms with van der Waals surface area (Å²) in [5, 5.41) is 9.33. The first-order chi connectivity index (χ1) is 8.75. The topological polar surface area (TPSA) is 66.0 Å². The summed E-state index contributed by atoms with van der Waals surface area (Å²) in [7, 11) is 0. The number of aromatic nitrogens is 2.